The molecule has 0 amide bonds. The molecule has 0 saturated carbocycles. The van der Waals surface area contributed by atoms with E-state index in [2.05, 4.69) is 10.3 Å². The Balaban J connectivity index is 1.43. The number of rotatable bonds is 9. The fourth-order valence-electron chi connectivity index (χ4n) is 3.90. The summed E-state index contributed by atoms with van der Waals surface area (Å²) in [5.41, 5.74) is 1.88. The Bertz CT molecular complexity index is 1500. The lowest BCUT2D eigenvalue weighted by atomic mass is 10.1. The quantitative estimate of drug-likeness (QED) is 0.239. The number of hydrogen-bond acceptors (Lipinski definition) is 6. The zero-order valence-corrected chi connectivity index (χ0v) is 20.4. The maximum atomic E-state index is 13.0. The molecule has 10 heteroatoms. The van der Waals surface area contributed by atoms with Crippen LogP contribution in [0.15, 0.2) is 85.2 Å². The van der Waals surface area contributed by atoms with Gasteiger partial charge in [-0.3, -0.25) is 0 Å². The van der Waals surface area contributed by atoms with Crippen LogP contribution in [0.2, 0.25) is 0 Å². The highest BCUT2D eigenvalue weighted by molar-refractivity contribution is 5.85. The van der Waals surface area contributed by atoms with Gasteiger partial charge in [-0.15, -0.1) is 0 Å². The van der Waals surface area contributed by atoms with Gasteiger partial charge in [-0.2, -0.15) is 13.2 Å². The number of nitrogens with one attached hydrogen (secondary N) is 1. The Morgan fingerprint density at radius 1 is 0.868 bits per heavy atom. The standard InChI is InChI=1S/C28H24F3N5O2/c1-37-22-13-9-20(10-14-22)25-34-26(32-15-16-38-23-5-3-2-4-6-23)24-27(35-25)36(18-33-24)17-19-7-11-21(12-8-19)28(29,30)31/h2-14,18H,15-17H2,1H3,(H,32,34,35). The van der Waals surface area contributed by atoms with Gasteiger partial charge in [-0.1, -0.05) is 30.3 Å². The summed E-state index contributed by atoms with van der Waals surface area (Å²) in [4.78, 5) is 14.0. The number of halogens is 3. The van der Waals surface area contributed by atoms with Crippen molar-refractivity contribution in [3.8, 4) is 22.9 Å². The number of aromatic nitrogens is 4. The van der Waals surface area contributed by atoms with Crippen LogP contribution < -0.4 is 14.8 Å². The highest BCUT2D eigenvalue weighted by atomic mass is 19.4. The lowest BCUT2D eigenvalue weighted by Gasteiger charge is -2.11. The van der Waals surface area contributed by atoms with Gasteiger partial charge in [0, 0.05) is 5.56 Å². The zero-order valence-electron chi connectivity index (χ0n) is 20.4. The van der Waals surface area contributed by atoms with Crippen molar-refractivity contribution in [3.63, 3.8) is 0 Å². The summed E-state index contributed by atoms with van der Waals surface area (Å²) >= 11 is 0. The fraction of sp³-hybridized carbons (Fsp3) is 0.179. The molecule has 0 atom stereocenters. The van der Waals surface area contributed by atoms with E-state index in [-0.39, 0.29) is 0 Å². The van der Waals surface area contributed by atoms with E-state index in [0.717, 1.165) is 23.4 Å². The predicted octanol–water partition coefficient (Wildman–Crippen LogP) is 6.06. The van der Waals surface area contributed by atoms with Crippen LogP contribution in [0.1, 0.15) is 11.1 Å². The van der Waals surface area contributed by atoms with Crippen molar-refractivity contribution < 1.29 is 22.6 Å². The molecule has 2 heterocycles. The van der Waals surface area contributed by atoms with Crippen LogP contribution in [0.25, 0.3) is 22.6 Å². The normalized spacial score (nSPS) is 11.5. The van der Waals surface area contributed by atoms with Crippen molar-refractivity contribution in [3.05, 3.63) is 96.3 Å². The Morgan fingerprint density at radius 3 is 2.29 bits per heavy atom. The first kappa shape index (κ1) is 25.1. The number of methoxy groups -OCH3 is 1. The second-order valence-corrected chi connectivity index (χ2v) is 8.45. The summed E-state index contributed by atoms with van der Waals surface area (Å²) in [6.07, 6.45) is -2.77. The summed E-state index contributed by atoms with van der Waals surface area (Å²) in [6.45, 7) is 1.17. The van der Waals surface area contributed by atoms with Crippen LogP contribution in [0, 0.1) is 0 Å². The zero-order chi connectivity index (χ0) is 26.5. The molecule has 0 fully saturated rings. The molecule has 0 aliphatic carbocycles. The minimum atomic E-state index is -4.38. The fourth-order valence-corrected chi connectivity index (χ4v) is 3.90. The molecule has 0 radical (unpaired) electrons. The molecule has 0 bridgehead atoms. The van der Waals surface area contributed by atoms with Gasteiger partial charge in [0.1, 0.15) is 23.6 Å². The van der Waals surface area contributed by atoms with Gasteiger partial charge in [0.05, 0.1) is 32.1 Å². The molecule has 5 aromatic rings. The van der Waals surface area contributed by atoms with Gasteiger partial charge in [0.2, 0.25) is 0 Å². The maximum absolute atomic E-state index is 13.0. The lowest BCUT2D eigenvalue weighted by Crippen LogP contribution is -2.13. The lowest BCUT2D eigenvalue weighted by molar-refractivity contribution is -0.137. The molecule has 1 N–H and O–H groups in total. The summed E-state index contributed by atoms with van der Waals surface area (Å²) in [5, 5.41) is 3.29. The smallest absolute Gasteiger partial charge is 0.416 e. The number of nitrogens with zero attached hydrogens (tertiary/aromatic N) is 4. The van der Waals surface area contributed by atoms with Crippen molar-refractivity contribution in [2.75, 3.05) is 25.6 Å². The minimum absolute atomic E-state index is 0.296. The van der Waals surface area contributed by atoms with Gasteiger partial charge >= 0.3 is 6.18 Å². The van der Waals surface area contributed by atoms with Crippen molar-refractivity contribution in [2.45, 2.75) is 12.7 Å². The molecule has 38 heavy (non-hydrogen) atoms. The van der Waals surface area contributed by atoms with Crippen molar-refractivity contribution in [1.82, 2.24) is 19.5 Å². The van der Waals surface area contributed by atoms with Crippen LogP contribution in [-0.2, 0) is 12.7 Å². The van der Waals surface area contributed by atoms with Gasteiger partial charge in [0.15, 0.2) is 17.3 Å². The second-order valence-electron chi connectivity index (χ2n) is 8.45. The molecule has 2 aromatic heterocycles. The molecule has 0 spiro atoms. The van der Waals surface area contributed by atoms with Crippen LogP contribution in [0.4, 0.5) is 19.0 Å². The first-order chi connectivity index (χ1) is 18.4. The van der Waals surface area contributed by atoms with E-state index in [0.29, 0.717) is 53.8 Å². The van der Waals surface area contributed by atoms with Gasteiger partial charge in [-0.05, 0) is 54.1 Å². The third kappa shape index (κ3) is 5.69. The average Bonchev–Trinajstić information content (AvgIpc) is 3.34. The van der Waals surface area contributed by atoms with Crippen molar-refractivity contribution >= 4 is 17.0 Å². The SMILES string of the molecule is COc1ccc(-c2nc(NCCOc3ccccc3)c3ncn(Cc4ccc(C(F)(F)F)cc4)c3n2)cc1. The summed E-state index contributed by atoms with van der Waals surface area (Å²) in [5.74, 6) is 2.48. The summed E-state index contributed by atoms with van der Waals surface area (Å²) in [7, 11) is 1.59. The predicted molar refractivity (Wildman–Crippen MR) is 138 cm³/mol. The molecule has 0 unspecified atom stereocenters. The number of para-hydroxylation sites is 1. The van der Waals surface area contributed by atoms with Gasteiger partial charge in [0.25, 0.3) is 0 Å². The van der Waals surface area contributed by atoms with E-state index in [1.54, 1.807) is 18.0 Å². The number of alkyl halides is 3. The topological polar surface area (TPSA) is 74.1 Å². The number of fused-ring (bicyclic) bond motifs is 1. The molecule has 5 rings (SSSR count). The van der Waals surface area contributed by atoms with E-state index < -0.39 is 11.7 Å². The summed E-state index contributed by atoms with van der Waals surface area (Å²) < 4.78 is 51.7. The van der Waals surface area contributed by atoms with Crippen LogP contribution in [0.5, 0.6) is 11.5 Å². The highest BCUT2D eigenvalue weighted by Crippen LogP contribution is 2.30. The molecule has 0 saturated heterocycles. The number of ether oxygens (including phenoxy) is 2. The van der Waals surface area contributed by atoms with Crippen LogP contribution in [0.3, 0.4) is 0 Å². The van der Waals surface area contributed by atoms with Crippen molar-refractivity contribution in [2.24, 2.45) is 0 Å². The van der Waals surface area contributed by atoms with Gasteiger partial charge in [-0.25, -0.2) is 15.0 Å². The van der Waals surface area contributed by atoms with E-state index in [1.165, 1.54) is 12.1 Å². The van der Waals surface area contributed by atoms with E-state index in [9.17, 15) is 13.2 Å². The molecular weight excluding hydrogens is 495 g/mol. The maximum Gasteiger partial charge on any atom is 0.416 e. The largest absolute Gasteiger partial charge is 0.497 e. The van der Waals surface area contributed by atoms with E-state index in [4.69, 9.17) is 19.4 Å². The monoisotopic (exact) mass is 519 g/mol. The van der Waals surface area contributed by atoms with Gasteiger partial charge < -0.3 is 19.4 Å². The molecular formula is C28H24F3N5O2. The van der Waals surface area contributed by atoms with Crippen molar-refractivity contribution in [1.29, 1.82) is 0 Å². The average molecular weight is 520 g/mol. The molecule has 0 aliphatic rings. The minimum Gasteiger partial charge on any atom is -0.497 e. The third-order valence-corrected chi connectivity index (χ3v) is 5.85. The Kier molecular flexibility index (Phi) is 7.12. The Labute approximate surface area is 216 Å². The first-order valence-electron chi connectivity index (χ1n) is 11.9. The molecule has 3 aromatic carbocycles. The number of anilines is 1. The van der Waals surface area contributed by atoms with E-state index in [1.807, 2.05) is 54.6 Å². The number of hydrogen-bond donors (Lipinski definition) is 1. The number of benzene rings is 3. The number of imidazole rings is 1. The highest BCUT2D eigenvalue weighted by Gasteiger charge is 2.30. The first-order valence-corrected chi connectivity index (χ1v) is 11.9. The molecule has 194 valence electrons. The molecule has 7 nitrogen and oxygen atoms in total. The Hall–Kier alpha value is -4.60. The Morgan fingerprint density at radius 2 is 1.61 bits per heavy atom. The van der Waals surface area contributed by atoms with Crippen LogP contribution in [-0.4, -0.2) is 39.8 Å². The third-order valence-electron chi connectivity index (χ3n) is 5.85. The summed E-state index contributed by atoms with van der Waals surface area (Å²) in [6, 6.07) is 21.9. The second kappa shape index (κ2) is 10.8. The van der Waals surface area contributed by atoms with Crippen LogP contribution >= 0.6 is 0 Å². The molecule has 0 aliphatic heterocycles. The van der Waals surface area contributed by atoms with E-state index >= 15 is 0 Å².